The third-order valence-electron chi connectivity index (χ3n) is 3.09. The number of hydrogen-bond acceptors (Lipinski definition) is 2. The summed E-state index contributed by atoms with van der Waals surface area (Å²) in [6.45, 7) is 2.00. The molecular formula is C14H19Cl2N3. The lowest BCUT2D eigenvalue weighted by Gasteiger charge is -2.12. The van der Waals surface area contributed by atoms with E-state index in [-0.39, 0.29) is 0 Å². The van der Waals surface area contributed by atoms with Crippen LogP contribution in [0, 0.1) is 0 Å². The highest BCUT2D eigenvalue weighted by Gasteiger charge is 2.10. The smallest absolute Gasteiger partial charge is 0.111 e. The van der Waals surface area contributed by atoms with Crippen LogP contribution in [0.4, 0.5) is 0 Å². The van der Waals surface area contributed by atoms with Gasteiger partial charge >= 0.3 is 0 Å². The third kappa shape index (κ3) is 3.62. The minimum atomic E-state index is 0.588. The average Bonchev–Trinajstić information content (AvgIpc) is 2.67. The zero-order chi connectivity index (χ0) is 13.8. The largest absolute Gasteiger partial charge is 0.328 e. The lowest BCUT2D eigenvalue weighted by Crippen LogP contribution is -2.16. The average molecular weight is 300 g/mol. The van der Waals surface area contributed by atoms with Crippen LogP contribution >= 0.6 is 23.2 Å². The van der Waals surface area contributed by atoms with Crippen LogP contribution in [0.3, 0.4) is 0 Å². The van der Waals surface area contributed by atoms with Gasteiger partial charge in [0.25, 0.3) is 0 Å². The number of benzene rings is 1. The number of nitrogens with zero attached hydrogens (tertiary/aromatic N) is 3. The van der Waals surface area contributed by atoms with Gasteiger partial charge in [0.05, 0.1) is 11.0 Å². The lowest BCUT2D eigenvalue weighted by atomic mass is 10.3. The summed E-state index contributed by atoms with van der Waals surface area (Å²) in [5.41, 5.74) is 2.10. The van der Waals surface area contributed by atoms with E-state index in [2.05, 4.69) is 28.5 Å². The van der Waals surface area contributed by atoms with E-state index in [1.54, 1.807) is 0 Å². The Morgan fingerprint density at radius 3 is 2.79 bits per heavy atom. The molecule has 0 aliphatic carbocycles. The van der Waals surface area contributed by atoms with Crippen molar-refractivity contribution < 1.29 is 0 Å². The monoisotopic (exact) mass is 299 g/mol. The zero-order valence-corrected chi connectivity index (χ0v) is 12.9. The van der Waals surface area contributed by atoms with Crippen molar-refractivity contribution in [1.82, 2.24) is 14.5 Å². The van der Waals surface area contributed by atoms with E-state index in [1.807, 2.05) is 18.2 Å². The van der Waals surface area contributed by atoms with Gasteiger partial charge in [-0.3, -0.25) is 0 Å². The molecule has 2 rings (SSSR count). The molecule has 3 nitrogen and oxygen atoms in total. The SMILES string of the molecule is CN(C)CCCn1c(CCCl)nc2ccc(Cl)cc21. The Morgan fingerprint density at radius 2 is 2.11 bits per heavy atom. The van der Waals surface area contributed by atoms with Gasteiger partial charge in [-0.25, -0.2) is 4.98 Å². The van der Waals surface area contributed by atoms with Crippen molar-refractivity contribution in [3.8, 4) is 0 Å². The van der Waals surface area contributed by atoms with Crippen LogP contribution in [-0.2, 0) is 13.0 Å². The molecule has 1 aromatic heterocycles. The zero-order valence-electron chi connectivity index (χ0n) is 11.4. The van der Waals surface area contributed by atoms with Gasteiger partial charge in [-0.2, -0.15) is 0 Å². The molecule has 0 bridgehead atoms. The standard InChI is InChI=1S/C14H19Cl2N3/c1-18(2)8-3-9-19-13-10-11(16)4-5-12(13)17-14(19)6-7-15/h4-5,10H,3,6-9H2,1-2H3. The second kappa shape index (κ2) is 6.60. The Labute approximate surface area is 124 Å². The van der Waals surface area contributed by atoms with Gasteiger partial charge in [-0.1, -0.05) is 11.6 Å². The molecule has 0 aliphatic rings. The third-order valence-corrected chi connectivity index (χ3v) is 3.52. The summed E-state index contributed by atoms with van der Waals surface area (Å²) < 4.78 is 2.24. The number of rotatable bonds is 6. The number of aryl methyl sites for hydroxylation is 2. The first-order valence-corrected chi connectivity index (χ1v) is 7.38. The fraction of sp³-hybridized carbons (Fsp3) is 0.500. The quantitative estimate of drug-likeness (QED) is 0.762. The molecule has 1 heterocycles. The van der Waals surface area contributed by atoms with Crippen molar-refractivity contribution in [2.75, 3.05) is 26.5 Å². The van der Waals surface area contributed by atoms with E-state index in [0.717, 1.165) is 47.8 Å². The number of alkyl halides is 1. The Morgan fingerprint density at radius 1 is 1.32 bits per heavy atom. The molecular weight excluding hydrogens is 281 g/mol. The van der Waals surface area contributed by atoms with Crippen LogP contribution in [0.2, 0.25) is 5.02 Å². The molecule has 19 heavy (non-hydrogen) atoms. The number of hydrogen-bond donors (Lipinski definition) is 0. The van der Waals surface area contributed by atoms with Crippen LogP contribution < -0.4 is 0 Å². The summed E-state index contributed by atoms with van der Waals surface area (Å²) >= 11 is 11.9. The number of fused-ring (bicyclic) bond motifs is 1. The second-order valence-corrected chi connectivity index (χ2v) is 5.72. The molecule has 0 saturated heterocycles. The maximum atomic E-state index is 6.09. The molecule has 0 unspecified atom stereocenters. The molecule has 0 saturated carbocycles. The molecule has 0 fully saturated rings. The summed E-state index contributed by atoms with van der Waals surface area (Å²) in [5, 5.41) is 0.749. The predicted molar refractivity (Wildman–Crippen MR) is 82.3 cm³/mol. The van der Waals surface area contributed by atoms with E-state index >= 15 is 0 Å². The molecule has 0 aliphatic heterocycles. The number of halogens is 2. The summed E-state index contributed by atoms with van der Waals surface area (Å²) in [6, 6.07) is 5.83. The summed E-state index contributed by atoms with van der Waals surface area (Å²) in [7, 11) is 4.17. The van der Waals surface area contributed by atoms with Crippen molar-refractivity contribution in [2.24, 2.45) is 0 Å². The molecule has 0 amide bonds. The van der Waals surface area contributed by atoms with Crippen LogP contribution in [0.5, 0.6) is 0 Å². The minimum absolute atomic E-state index is 0.588. The van der Waals surface area contributed by atoms with Crippen molar-refractivity contribution >= 4 is 34.2 Å². The Balaban J connectivity index is 2.30. The van der Waals surface area contributed by atoms with Gasteiger partial charge in [-0.05, 0) is 45.3 Å². The minimum Gasteiger partial charge on any atom is -0.328 e. The van der Waals surface area contributed by atoms with E-state index in [1.165, 1.54) is 0 Å². The molecule has 0 N–H and O–H groups in total. The van der Waals surface area contributed by atoms with Gasteiger partial charge < -0.3 is 9.47 Å². The van der Waals surface area contributed by atoms with Gasteiger partial charge in [0.1, 0.15) is 5.82 Å². The second-order valence-electron chi connectivity index (χ2n) is 4.91. The molecule has 0 atom stereocenters. The first kappa shape index (κ1) is 14.6. The molecule has 0 radical (unpaired) electrons. The van der Waals surface area contributed by atoms with Crippen molar-refractivity contribution in [1.29, 1.82) is 0 Å². The Hall–Kier alpha value is -0.770. The van der Waals surface area contributed by atoms with Crippen molar-refractivity contribution in [3.05, 3.63) is 29.0 Å². The Bertz CT molecular complexity index is 549. The summed E-state index contributed by atoms with van der Waals surface area (Å²) in [5.74, 6) is 1.64. The van der Waals surface area contributed by atoms with Crippen LogP contribution in [0.15, 0.2) is 18.2 Å². The van der Waals surface area contributed by atoms with Gasteiger partial charge in [0.15, 0.2) is 0 Å². The topological polar surface area (TPSA) is 21.1 Å². The maximum absolute atomic E-state index is 6.09. The van der Waals surface area contributed by atoms with Crippen LogP contribution in [0.25, 0.3) is 11.0 Å². The van der Waals surface area contributed by atoms with E-state index in [9.17, 15) is 0 Å². The predicted octanol–water partition coefficient (Wildman–Crippen LogP) is 3.42. The van der Waals surface area contributed by atoms with Crippen LogP contribution in [0.1, 0.15) is 12.2 Å². The highest BCUT2D eigenvalue weighted by atomic mass is 35.5. The van der Waals surface area contributed by atoms with Gasteiger partial charge in [0, 0.05) is 23.9 Å². The van der Waals surface area contributed by atoms with Crippen LogP contribution in [-0.4, -0.2) is 41.0 Å². The van der Waals surface area contributed by atoms with E-state index in [0.29, 0.717) is 5.88 Å². The fourth-order valence-corrected chi connectivity index (χ4v) is 2.55. The summed E-state index contributed by atoms with van der Waals surface area (Å²) in [4.78, 5) is 6.84. The number of imidazole rings is 1. The van der Waals surface area contributed by atoms with E-state index < -0.39 is 0 Å². The molecule has 2 aromatic rings. The van der Waals surface area contributed by atoms with Crippen molar-refractivity contribution in [2.45, 2.75) is 19.4 Å². The molecule has 1 aromatic carbocycles. The normalized spacial score (nSPS) is 11.6. The highest BCUT2D eigenvalue weighted by Crippen LogP contribution is 2.21. The van der Waals surface area contributed by atoms with Crippen molar-refractivity contribution in [3.63, 3.8) is 0 Å². The highest BCUT2D eigenvalue weighted by molar-refractivity contribution is 6.31. The molecule has 104 valence electrons. The number of aromatic nitrogens is 2. The lowest BCUT2D eigenvalue weighted by molar-refractivity contribution is 0.386. The van der Waals surface area contributed by atoms with E-state index in [4.69, 9.17) is 23.2 Å². The molecule has 5 heteroatoms. The molecule has 0 spiro atoms. The first-order valence-electron chi connectivity index (χ1n) is 6.47. The Kier molecular flexibility index (Phi) is 5.08. The maximum Gasteiger partial charge on any atom is 0.111 e. The van der Waals surface area contributed by atoms with Gasteiger partial charge in [-0.15, -0.1) is 11.6 Å². The first-order chi connectivity index (χ1) is 9.11. The fourth-order valence-electron chi connectivity index (χ4n) is 2.22. The summed E-state index contributed by atoms with van der Waals surface area (Å²) in [6.07, 6.45) is 1.87. The van der Waals surface area contributed by atoms with Gasteiger partial charge in [0.2, 0.25) is 0 Å².